The van der Waals surface area contributed by atoms with Crippen LogP contribution in [0.15, 0.2) is 170 Å². The van der Waals surface area contributed by atoms with Gasteiger partial charge in [0.05, 0.1) is 11.0 Å². The monoisotopic (exact) mass is 600 g/mol. The Kier molecular flexibility index (Phi) is 6.43. The molecule has 0 atom stereocenters. The summed E-state index contributed by atoms with van der Waals surface area (Å²) in [7, 11) is 0. The molecule has 0 N–H and O–H groups in total. The standard InChI is InChI=1S/C43H28N4/c1-4-14-29(15-5-1)32-19-12-20-33(28-32)42-44-41(31-17-6-2-7-18-31)45-43(46-42)37-24-13-25-38-39(37)36-27-26-30-16-10-11-23-35(30)40(36)47(38)34-21-8-3-9-22-34/h1-28H. The summed E-state index contributed by atoms with van der Waals surface area (Å²) in [4.78, 5) is 15.4. The summed E-state index contributed by atoms with van der Waals surface area (Å²) in [5.41, 5.74) is 8.51. The van der Waals surface area contributed by atoms with Crippen LogP contribution in [0.2, 0.25) is 0 Å². The quantitative estimate of drug-likeness (QED) is 0.197. The molecule has 0 unspecified atom stereocenters. The van der Waals surface area contributed by atoms with E-state index in [2.05, 4.69) is 150 Å². The van der Waals surface area contributed by atoms with Crippen molar-refractivity contribution < 1.29 is 0 Å². The lowest BCUT2D eigenvalue weighted by Crippen LogP contribution is -2.00. The van der Waals surface area contributed by atoms with Gasteiger partial charge >= 0.3 is 0 Å². The van der Waals surface area contributed by atoms with Crippen LogP contribution >= 0.6 is 0 Å². The maximum Gasteiger partial charge on any atom is 0.164 e. The van der Waals surface area contributed by atoms with Gasteiger partial charge in [-0.2, -0.15) is 0 Å². The summed E-state index contributed by atoms with van der Waals surface area (Å²) in [5, 5.41) is 4.68. The Bertz CT molecular complexity index is 2550. The molecule has 0 radical (unpaired) electrons. The van der Waals surface area contributed by atoms with Gasteiger partial charge in [0.2, 0.25) is 0 Å². The van der Waals surface area contributed by atoms with Crippen LogP contribution in [-0.2, 0) is 0 Å². The van der Waals surface area contributed by atoms with Crippen molar-refractivity contribution in [3.63, 3.8) is 0 Å². The third kappa shape index (κ3) is 4.66. The number of aromatic nitrogens is 4. The van der Waals surface area contributed by atoms with Crippen LogP contribution in [0.25, 0.3) is 83.6 Å². The average molecular weight is 601 g/mol. The van der Waals surface area contributed by atoms with Crippen LogP contribution in [-0.4, -0.2) is 19.5 Å². The van der Waals surface area contributed by atoms with Gasteiger partial charge in [0, 0.05) is 38.5 Å². The maximum atomic E-state index is 5.20. The van der Waals surface area contributed by atoms with Crippen molar-refractivity contribution in [1.29, 1.82) is 0 Å². The molecule has 47 heavy (non-hydrogen) atoms. The van der Waals surface area contributed by atoms with Gasteiger partial charge in [-0.1, -0.05) is 146 Å². The molecule has 0 aliphatic carbocycles. The summed E-state index contributed by atoms with van der Waals surface area (Å²) in [6.45, 7) is 0. The van der Waals surface area contributed by atoms with Crippen LogP contribution in [0.1, 0.15) is 0 Å². The van der Waals surface area contributed by atoms with E-state index < -0.39 is 0 Å². The van der Waals surface area contributed by atoms with Gasteiger partial charge in [-0.3, -0.25) is 0 Å². The second-order valence-electron chi connectivity index (χ2n) is 11.7. The first kappa shape index (κ1) is 27.0. The zero-order valence-electron chi connectivity index (χ0n) is 25.5. The largest absolute Gasteiger partial charge is 0.309 e. The normalized spacial score (nSPS) is 11.4. The molecule has 220 valence electrons. The molecule has 0 spiro atoms. The van der Waals surface area contributed by atoms with E-state index in [4.69, 9.17) is 15.0 Å². The Labute approximate surface area is 272 Å². The molecule has 2 aromatic heterocycles. The molecule has 0 aliphatic heterocycles. The number of para-hydroxylation sites is 1. The fourth-order valence-corrected chi connectivity index (χ4v) is 6.67. The minimum atomic E-state index is 0.640. The Morgan fingerprint density at radius 2 is 0.979 bits per heavy atom. The summed E-state index contributed by atoms with van der Waals surface area (Å²) in [6, 6.07) is 59.1. The third-order valence-corrected chi connectivity index (χ3v) is 8.83. The van der Waals surface area contributed by atoms with E-state index in [9.17, 15) is 0 Å². The van der Waals surface area contributed by atoms with Crippen molar-refractivity contribution >= 4 is 32.6 Å². The molecule has 7 aromatic carbocycles. The maximum absolute atomic E-state index is 5.20. The summed E-state index contributed by atoms with van der Waals surface area (Å²) in [6.07, 6.45) is 0. The van der Waals surface area contributed by atoms with Gasteiger partial charge in [0.1, 0.15) is 0 Å². The number of hydrogen-bond donors (Lipinski definition) is 0. The van der Waals surface area contributed by atoms with Crippen LogP contribution in [0, 0.1) is 0 Å². The minimum Gasteiger partial charge on any atom is -0.309 e. The first-order valence-corrected chi connectivity index (χ1v) is 15.8. The Morgan fingerprint density at radius 1 is 0.383 bits per heavy atom. The summed E-state index contributed by atoms with van der Waals surface area (Å²) >= 11 is 0. The molecule has 0 fully saturated rings. The van der Waals surface area contributed by atoms with Crippen LogP contribution < -0.4 is 0 Å². The van der Waals surface area contributed by atoms with Gasteiger partial charge < -0.3 is 4.57 Å². The van der Waals surface area contributed by atoms with Gasteiger partial charge in [0.25, 0.3) is 0 Å². The molecule has 9 aromatic rings. The van der Waals surface area contributed by atoms with Crippen molar-refractivity contribution in [2.75, 3.05) is 0 Å². The number of hydrogen-bond acceptors (Lipinski definition) is 3. The molecule has 0 saturated heterocycles. The molecule has 2 heterocycles. The van der Waals surface area contributed by atoms with Gasteiger partial charge in [-0.15, -0.1) is 0 Å². The molecule has 4 nitrogen and oxygen atoms in total. The van der Waals surface area contributed by atoms with Crippen molar-refractivity contribution in [3.05, 3.63) is 170 Å². The summed E-state index contributed by atoms with van der Waals surface area (Å²) in [5.74, 6) is 1.93. The first-order valence-electron chi connectivity index (χ1n) is 15.8. The van der Waals surface area contributed by atoms with E-state index in [0.29, 0.717) is 17.5 Å². The molecule has 4 heteroatoms. The zero-order chi connectivity index (χ0) is 31.2. The number of benzene rings is 7. The smallest absolute Gasteiger partial charge is 0.164 e. The van der Waals surface area contributed by atoms with E-state index >= 15 is 0 Å². The third-order valence-electron chi connectivity index (χ3n) is 8.83. The van der Waals surface area contributed by atoms with Gasteiger partial charge in [0.15, 0.2) is 17.5 Å². The van der Waals surface area contributed by atoms with E-state index in [-0.39, 0.29) is 0 Å². The first-order chi connectivity index (χ1) is 23.3. The van der Waals surface area contributed by atoms with Crippen molar-refractivity contribution in [1.82, 2.24) is 19.5 Å². The van der Waals surface area contributed by atoms with Crippen LogP contribution in [0.3, 0.4) is 0 Å². The lowest BCUT2D eigenvalue weighted by atomic mass is 10.0. The Morgan fingerprint density at radius 3 is 1.77 bits per heavy atom. The second-order valence-corrected chi connectivity index (χ2v) is 11.7. The highest BCUT2D eigenvalue weighted by atomic mass is 15.0. The molecule has 0 aliphatic rings. The number of rotatable bonds is 5. The minimum absolute atomic E-state index is 0.640. The number of fused-ring (bicyclic) bond motifs is 5. The van der Waals surface area contributed by atoms with E-state index in [1.165, 1.54) is 16.3 Å². The lowest BCUT2D eigenvalue weighted by molar-refractivity contribution is 1.08. The topological polar surface area (TPSA) is 43.6 Å². The van der Waals surface area contributed by atoms with Crippen molar-refractivity contribution in [2.45, 2.75) is 0 Å². The molecule has 0 bridgehead atoms. The van der Waals surface area contributed by atoms with E-state index in [0.717, 1.165) is 49.8 Å². The average Bonchev–Trinajstić information content (AvgIpc) is 3.51. The zero-order valence-corrected chi connectivity index (χ0v) is 25.5. The van der Waals surface area contributed by atoms with Crippen molar-refractivity contribution in [3.8, 4) is 51.0 Å². The highest BCUT2D eigenvalue weighted by Gasteiger charge is 2.21. The van der Waals surface area contributed by atoms with Crippen molar-refractivity contribution in [2.24, 2.45) is 0 Å². The second kappa shape index (κ2) is 11.2. The predicted octanol–water partition coefficient (Wildman–Crippen LogP) is 10.8. The summed E-state index contributed by atoms with van der Waals surface area (Å²) < 4.78 is 2.38. The lowest BCUT2D eigenvalue weighted by Gasteiger charge is -2.11. The SMILES string of the molecule is c1ccc(-c2cccc(-c3nc(-c4ccccc4)nc(-c4cccc5c4c4ccc6ccccc6c4n5-c4ccccc4)n3)c2)cc1. The van der Waals surface area contributed by atoms with E-state index in [1.54, 1.807) is 0 Å². The molecule has 0 amide bonds. The van der Waals surface area contributed by atoms with Gasteiger partial charge in [-0.25, -0.2) is 15.0 Å². The molecule has 0 saturated carbocycles. The highest BCUT2D eigenvalue weighted by molar-refractivity contribution is 6.22. The fourth-order valence-electron chi connectivity index (χ4n) is 6.67. The van der Waals surface area contributed by atoms with Crippen LogP contribution in [0.4, 0.5) is 0 Å². The molecule has 9 rings (SSSR count). The Hall–Kier alpha value is -6.39. The Balaban J connectivity index is 1.34. The fraction of sp³-hybridized carbons (Fsp3) is 0. The molecular weight excluding hydrogens is 573 g/mol. The molecular formula is C43H28N4. The highest BCUT2D eigenvalue weighted by Crippen LogP contribution is 2.41. The van der Waals surface area contributed by atoms with E-state index in [1.807, 2.05) is 24.3 Å². The predicted molar refractivity (Wildman–Crippen MR) is 193 cm³/mol. The van der Waals surface area contributed by atoms with Crippen LogP contribution in [0.5, 0.6) is 0 Å². The number of nitrogens with zero attached hydrogens (tertiary/aromatic N) is 4. The van der Waals surface area contributed by atoms with Gasteiger partial charge in [-0.05, 0) is 40.8 Å².